The van der Waals surface area contributed by atoms with Gasteiger partial charge in [0, 0.05) is 29.5 Å². The molecule has 19 heavy (non-hydrogen) atoms. The molecule has 1 aliphatic heterocycles. The van der Waals surface area contributed by atoms with Gasteiger partial charge in [-0.25, -0.2) is 4.39 Å². The van der Waals surface area contributed by atoms with E-state index in [4.69, 9.17) is 5.11 Å². The molecule has 1 unspecified atom stereocenters. The minimum Gasteiger partial charge on any atom is -0.384 e. The van der Waals surface area contributed by atoms with Gasteiger partial charge in [0.2, 0.25) is 0 Å². The van der Waals surface area contributed by atoms with E-state index in [1.54, 1.807) is 12.1 Å². The van der Waals surface area contributed by atoms with Crippen molar-refractivity contribution in [1.29, 1.82) is 0 Å². The number of rotatable bonds is 3. The van der Waals surface area contributed by atoms with Gasteiger partial charge in [0.05, 0.1) is 0 Å². The van der Waals surface area contributed by atoms with E-state index in [2.05, 4.69) is 23.8 Å². The van der Waals surface area contributed by atoms with Gasteiger partial charge in [0.1, 0.15) is 12.4 Å². The zero-order valence-electron chi connectivity index (χ0n) is 11.0. The predicted octanol–water partition coefficient (Wildman–Crippen LogP) is 2.11. The Kier molecular flexibility index (Phi) is 5.26. The van der Waals surface area contributed by atoms with Crippen molar-refractivity contribution in [3.8, 4) is 11.8 Å². The molecular formula is C15H18FNOS. The lowest BCUT2D eigenvalue weighted by Gasteiger charge is -2.23. The maximum Gasteiger partial charge on any atom is 0.128 e. The summed E-state index contributed by atoms with van der Waals surface area (Å²) in [4.78, 5) is 2.22. The van der Waals surface area contributed by atoms with E-state index in [-0.39, 0.29) is 12.4 Å². The van der Waals surface area contributed by atoms with E-state index >= 15 is 0 Å². The fourth-order valence-electron chi connectivity index (χ4n) is 2.16. The van der Waals surface area contributed by atoms with Gasteiger partial charge in [-0.1, -0.05) is 17.9 Å². The zero-order chi connectivity index (χ0) is 13.7. The summed E-state index contributed by atoms with van der Waals surface area (Å²) in [6.07, 6.45) is 1.18. The van der Waals surface area contributed by atoms with Crippen LogP contribution in [0.15, 0.2) is 18.2 Å². The number of aliphatic hydroxyl groups excluding tert-OH is 1. The van der Waals surface area contributed by atoms with E-state index in [1.807, 2.05) is 11.8 Å². The summed E-state index contributed by atoms with van der Waals surface area (Å²) in [5.74, 6) is 7.35. The minimum atomic E-state index is -0.220. The Balaban J connectivity index is 2.04. The van der Waals surface area contributed by atoms with Gasteiger partial charge in [0.25, 0.3) is 0 Å². The molecule has 102 valence electrons. The van der Waals surface area contributed by atoms with Crippen LogP contribution in [0.4, 0.5) is 4.39 Å². The maximum atomic E-state index is 14.0. The van der Waals surface area contributed by atoms with Gasteiger partial charge in [-0.2, -0.15) is 11.8 Å². The molecule has 0 bridgehead atoms. The van der Waals surface area contributed by atoms with Crippen molar-refractivity contribution >= 4 is 11.8 Å². The van der Waals surface area contributed by atoms with Crippen LogP contribution >= 0.6 is 11.8 Å². The normalized spacial score (nSPS) is 18.4. The highest BCUT2D eigenvalue weighted by atomic mass is 32.2. The van der Waals surface area contributed by atoms with Gasteiger partial charge in [-0.3, -0.25) is 4.90 Å². The Morgan fingerprint density at radius 1 is 1.53 bits per heavy atom. The molecule has 1 fully saturated rings. The number of thioether (sulfide) groups is 1. The second-order valence-electron chi connectivity index (χ2n) is 4.70. The van der Waals surface area contributed by atoms with Crippen LogP contribution in [0.5, 0.6) is 0 Å². The highest BCUT2D eigenvalue weighted by Crippen LogP contribution is 2.23. The fourth-order valence-corrected chi connectivity index (χ4v) is 3.46. The largest absolute Gasteiger partial charge is 0.384 e. The Hall–Kier alpha value is -1.02. The molecule has 2 rings (SSSR count). The first kappa shape index (κ1) is 14.4. The minimum absolute atomic E-state index is 0.203. The molecule has 0 amide bonds. The fraction of sp³-hybridized carbons (Fsp3) is 0.467. The number of nitrogens with zero attached hydrogens (tertiary/aromatic N) is 1. The molecule has 2 nitrogen and oxygen atoms in total. The monoisotopic (exact) mass is 279 g/mol. The van der Waals surface area contributed by atoms with E-state index in [0.29, 0.717) is 23.7 Å². The number of benzene rings is 1. The van der Waals surface area contributed by atoms with Gasteiger partial charge >= 0.3 is 0 Å². The summed E-state index contributed by atoms with van der Waals surface area (Å²) in [5.41, 5.74) is 1.31. The first-order valence-electron chi connectivity index (χ1n) is 6.37. The highest BCUT2D eigenvalue weighted by molar-refractivity contribution is 7.99. The molecule has 0 radical (unpaired) electrons. The molecule has 0 spiro atoms. The molecule has 1 N–H and O–H groups in total. The molecular weight excluding hydrogens is 261 g/mol. The van der Waals surface area contributed by atoms with Crippen LogP contribution in [0.2, 0.25) is 0 Å². The van der Waals surface area contributed by atoms with Crippen LogP contribution in [-0.4, -0.2) is 41.2 Å². The summed E-state index contributed by atoms with van der Waals surface area (Å²) in [6, 6.07) is 5.58. The van der Waals surface area contributed by atoms with Crippen molar-refractivity contribution in [3.05, 3.63) is 35.1 Å². The predicted molar refractivity (Wildman–Crippen MR) is 77.6 cm³/mol. The highest BCUT2D eigenvalue weighted by Gasteiger charge is 2.20. The number of hydrogen-bond acceptors (Lipinski definition) is 3. The number of halogens is 1. The molecule has 1 atom stereocenters. The van der Waals surface area contributed by atoms with Crippen LogP contribution in [0.3, 0.4) is 0 Å². The smallest absolute Gasteiger partial charge is 0.128 e. The lowest BCUT2D eigenvalue weighted by atomic mass is 10.1. The Bertz CT molecular complexity index is 489. The standard InChI is InChI=1S/C15H18FNOS/c1-17(14-6-8-19-11-14)10-13-5-4-12(3-2-7-18)9-15(13)16/h4-5,9,14,18H,6-8,10-11H2,1H3. The van der Waals surface area contributed by atoms with Crippen LogP contribution in [-0.2, 0) is 6.54 Å². The van der Waals surface area contributed by atoms with Crippen molar-refractivity contribution in [3.63, 3.8) is 0 Å². The van der Waals surface area contributed by atoms with E-state index in [0.717, 1.165) is 5.75 Å². The second kappa shape index (κ2) is 6.95. The molecule has 1 saturated heterocycles. The average Bonchev–Trinajstić information content (AvgIpc) is 2.93. The molecule has 0 aromatic heterocycles. The molecule has 1 aliphatic rings. The van der Waals surface area contributed by atoms with Crippen LogP contribution < -0.4 is 0 Å². The van der Waals surface area contributed by atoms with Gasteiger partial charge in [-0.15, -0.1) is 0 Å². The molecule has 4 heteroatoms. The number of hydrogen-bond donors (Lipinski definition) is 1. The Morgan fingerprint density at radius 3 is 3.00 bits per heavy atom. The van der Waals surface area contributed by atoms with Crippen LogP contribution in [0, 0.1) is 17.7 Å². The SMILES string of the molecule is CN(Cc1ccc(C#CCO)cc1F)C1CCSC1. The van der Waals surface area contributed by atoms with E-state index in [9.17, 15) is 4.39 Å². The van der Waals surface area contributed by atoms with Crippen LogP contribution in [0.25, 0.3) is 0 Å². The second-order valence-corrected chi connectivity index (χ2v) is 5.85. The van der Waals surface area contributed by atoms with Crippen molar-refractivity contribution in [2.45, 2.75) is 19.0 Å². The third-order valence-electron chi connectivity index (χ3n) is 3.31. The summed E-state index contributed by atoms with van der Waals surface area (Å²) in [5, 5.41) is 8.62. The van der Waals surface area contributed by atoms with Crippen molar-refractivity contribution in [2.75, 3.05) is 25.2 Å². The topological polar surface area (TPSA) is 23.5 Å². The van der Waals surface area contributed by atoms with Crippen molar-refractivity contribution in [2.24, 2.45) is 0 Å². The summed E-state index contributed by atoms with van der Waals surface area (Å²) in [7, 11) is 2.05. The third-order valence-corrected chi connectivity index (χ3v) is 4.46. The zero-order valence-corrected chi connectivity index (χ0v) is 11.8. The average molecular weight is 279 g/mol. The molecule has 1 heterocycles. The summed E-state index contributed by atoms with van der Waals surface area (Å²) < 4.78 is 14.0. The molecule has 0 saturated carbocycles. The third kappa shape index (κ3) is 3.97. The van der Waals surface area contributed by atoms with E-state index < -0.39 is 0 Å². The quantitative estimate of drug-likeness (QED) is 0.857. The summed E-state index contributed by atoms with van der Waals surface area (Å²) >= 11 is 1.96. The maximum absolute atomic E-state index is 14.0. The molecule has 1 aromatic rings. The summed E-state index contributed by atoms with van der Waals surface area (Å²) in [6.45, 7) is 0.427. The first-order chi connectivity index (χ1) is 9.20. The van der Waals surface area contributed by atoms with Gasteiger partial charge < -0.3 is 5.11 Å². The lowest BCUT2D eigenvalue weighted by molar-refractivity contribution is 0.251. The Labute approximate surface area is 118 Å². The van der Waals surface area contributed by atoms with Crippen LogP contribution in [0.1, 0.15) is 17.5 Å². The Morgan fingerprint density at radius 2 is 2.37 bits per heavy atom. The number of aliphatic hydroxyl groups is 1. The van der Waals surface area contributed by atoms with Crippen molar-refractivity contribution < 1.29 is 9.50 Å². The molecule has 1 aromatic carbocycles. The lowest BCUT2D eigenvalue weighted by Crippen LogP contribution is -2.31. The molecule has 0 aliphatic carbocycles. The van der Waals surface area contributed by atoms with Crippen molar-refractivity contribution in [1.82, 2.24) is 4.90 Å². The first-order valence-corrected chi connectivity index (χ1v) is 7.52. The van der Waals surface area contributed by atoms with Gasteiger partial charge in [0.15, 0.2) is 0 Å². The van der Waals surface area contributed by atoms with Gasteiger partial charge in [-0.05, 0) is 31.4 Å². The van der Waals surface area contributed by atoms with E-state index in [1.165, 1.54) is 18.2 Å².